The van der Waals surface area contributed by atoms with Gasteiger partial charge in [-0.05, 0) is 32.0 Å². The number of carbonyl (C=O) groups is 2. The Hall–Kier alpha value is -2.08. The van der Waals surface area contributed by atoms with Crippen LogP contribution in [0.2, 0.25) is 0 Å². The molecule has 21 heavy (non-hydrogen) atoms. The van der Waals surface area contributed by atoms with Crippen molar-refractivity contribution in [1.29, 1.82) is 0 Å². The van der Waals surface area contributed by atoms with Crippen LogP contribution >= 0.6 is 11.6 Å². The van der Waals surface area contributed by atoms with Crippen LogP contribution in [0.25, 0.3) is 0 Å². The van der Waals surface area contributed by atoms with Gasteiger partial charge in [-0.15, -0.1) is 11.6 Å². The van der Waals surface area contributed by atoms with Crippen LogP contribution in [0.1, 0.15) is 34.6 Å². The molecule has 0 saturated heterocycles. The molecule has 0 heterocycles. The molecular weight excluding hydrogens is 296 g/mol. The second-order valence-corrected chi connectivity index (χ2v) is 4.18. The van der Waals surface area contributed by atoms with Gasteiger partial charge in [0.15, 0.2) is 0 Å². The third-order valence-corrected chi connectivity index (χ3v) is 2.68. The Morgan fingerprint density at radius 2 is 1.81 bits per heavy atom. The van der Waals surface area contributed by atoms with E-state index in [1.54, 1.807) is 13.8 Å². The lowest BCUT2D eigenvalue weighted by molar-refractivity contribution is 0.0526. The molecule has 0 aliphatic carbocycles. The van der Waals surface area contributed by atoms with Crippen molar-refractivity contribution >= 4 is 35.1 Å². The molecule has 0 aliphatic rings. The van der Waals surface area contributed by atoms with Gasteiger partial charge < -0.3 is 15.2 Å². The maximum Gasteiger partial charge on any atom is 0.340 e. The molecule has 0 atom stereocenters. The molecule has 0 fully saturated rings. The van der Waals surface area contributed by atoms with Crippen molar-refractivity contribution in [3.05, 3.63) is 29.3 Å². The molecule has 6 nitrogen and oxygen atoms in total. The number of benzene rings is 1. The van der Waals surface area contributed by atoms with E-state index >= 15 is 0 Å². The van der Waals surface area contributed by atoms with Crippen LogP contribution in [-0.2, 0) is 9.47 Å². The van der Waals surface area contributed by atoms with Crippen molar-refractivity contribution in [1.82, 2.24) is 0 Å². The van der Waals surface area contributed by atoms with Gasteiger partial charge in [-0.2, -0.15) is 0 Å². The molecule has 7 heteroatoms. The van der Waals surface area contributed by atoms with Gasteiger partial charge in [0, 0.05) is 0 Å². The summed E-state index contributed by atoms with van der Waals surface area (Å²) >= 11 is 5.57. The van der Waals surface area contributed by atoms with Gasteiger partial charge in [-0.1, -0.05) is 0 Å². The molecule has 0 saturated carbocycles. The van der Waals surface area contributed by atoms with E-state index in [1.165, 1.54) is 18.2 Å². The van der Waals surface area contributed by atoms with E-state index in [2.05, 4.69) is 4.99 Å². The zero-order valence-electron chi connectivity index (χ0n) is 11.9. The highest BCUT2D eigenvalue weighted by atomic mass is 35.5. The number of alkyl halides is 1. The lowest BCUT2D eigenvalue weighted by Crippen LogP contribution is -2.14. The summed E-state index contributed by atoms with van der Waals surface area (Å²) in [5, 5.41) is 0. The number of rotatable bonds is 6. The van der Waals surface area contributed by atoms with E-state index in [0.29, 0.717) is 5.69 Å². The van der Waals surface area contributed by atoms with Gasteiger partial charge >= 0.3 is 11.9 Å². The minimum atomic E-state index is -0.593. The number of nitrogens with zero attached hydrogens (tertiary/aromatic N) is 1. The van der Waals surface area contributed by atoms with Crippen molar-refractivity contribution in [3.8, 4) is 0 Å². The molecule has 1 rings (SSSR count). The average molecular weight is 313 g/mol. The van der Waals surface area contributed by atoms with Gasteiger partial charge in [-0.25, -0.2) is 14.6 Å². The van der Waals surface area contributed by atoms with Crippen LogP contribution in [0, 0.1) is 0 Å². The topological polar surface area (TPSA) is 91.0 Å². The molecule has 0 spiro atoms. The number of esters is 2. The van der Waals surface area contributed by atoms with Gasteiger partial charge in [0.1, 0.15) is 5.84 Å². The number of hydrogen-bond donors (Lipinski definition) is 1. The fourth-order valence-electron chi connectivity index (χ4n) is 1.53. The molecule has 0 amide bonds. The highest BCUT2D eigenvalue weighted by molar-refractivity contribution is 6.28. The van der Waals surface area contributed by atoms with Crippen LogP contribution in [-0.4, -0.2) is 36.9 Å². The van der Waals surface area contributed by atoms with Crippen LogP contribution in [0.5, 0.6) is 0 Å². The quantitative estimate of drug-likeness (QED) is 0.376. The Kier molecular flexibility index (Phi) is 6.68. The number of nitrogens with two attached hydrogens (primary N) is 1. The summed E-state index contributed by atoms with van der Waals surface area (Å²) in [6, 6.07) is 4.37. The fraction of sp³-hybridized carbons (Fsp3) is 0.357. The SMILES string of the molecule is CCOC(=O)c1ccc(N=C(N)CCl)c(C(=O)OCC)c1. The van der Waals surface area contributed by atoms with Crippen LogP contribution < -0.4 is 5.73 Å². The molecule has 0 aliphatic heterocycles. The molecule has 2 N–H and O–H groups in total. The smallest absolute Gasteiger partial charge is 0.340 e. The van der Waals surface area contributed by atoms with Crippen molar-refractivity contribution in [2.45, 2.75) is 13.8 Å². The molecule has 0 radical (unpaired) electrons. The predicted molar refractivity (Wildman–Crippen MR) is 80.4 cm³/mol. The summed E-state index contributed by atoms with van der Waals surface area (Å²) in [5.41, 5.74) is 6.23. The van der Waals surface area contributed by atoms with E-state index in [1.807, 2.05) is 0 Å². The van der Waals surface area contributed by atoms with Crippen LogP contribution in [0.3, 0.4) is 0 Å². The molecule has 0 unspecified atom stereocenters. The van der Waals surface area contributed by atoms with Crippen molar-refractivity contribution < 1.29 is 19.1 Å². The Bertz CT molecular complexity index is 558. The Balaban J connectivity index is 3.26. The lowest BCUT2D eigenvalue weighted by Gasteiger charge is -2.08. The summed E-state index contributed by atoms with van der Waals surface area (Å²) in [6.07, 6.45) is 0. The third-order valence-electron chi connectivity index (χ3n) is 2.40. The number of aliphatic imine (C=N–C) groups is 1. The molecule has 0 bridgehead atoms. The van der Waals surface area contributed by atoms with Gasteiger partial charge in [0.05, 0.1) is 35.9 Å². The molecule has 114 valence electrons. The van der Waals surface area contributed by atoms with Crippen molar-refractivity contribution in [3.63, 3.8) is 0 Å². The largest absolute Gasteiger partial charge is 0.462 e. The first-order chi connectivity index (χ1) is 10.0. The summed E-state index contributed by atoms with van der Waals surface area (Å²) in [4.78, 5) is 27.7. The number of ether oxygens (including phenoxy) is 2. The minimum Gasteiger partial charge on any atom is -0.462 e. The van der Waals surface area contributed by atoms with Crippen molar-refractivity contribution in [2.24, 2.45) is 10.7 Å². The van der Waals surface area contributed by atoms with Gasteiger partial charge in [-0.3, -0.25) is 0 Å². The first-order valence-corrected chi connectivity index (χ1v) is 6.94. The Morgan fingerprint density at radius 3 is 2.38 bits per heavy atom. The lowest BCUT2D eigenvalue weighted by atomic mass is 10.1. The Morgan fingerprint density at radius 1 is 1.19 bits per heavy atom. The second-order valence-electron chi connectivity index (χ2n) is 3.91. The van der Waals surface area contributed by atoms with E-state index in [0.717, 1.165) is 0 Å². The van der Waals surface area contributed by atoms with Crippen LogP contribution in [0.15, 0.2) is 23.2 Å². The fourth-order valence-corrected chi connectivity index (χ4v) is 1.59. The zero-order chi connectivity index (χ0) is 15.8. The van der Waals surface area contributed by atoms with E-state index in [-0.39, 0.29) is 36.1 Å². The standard InChI is InChI=1S/C14H17ClN2O4/c1-3-20-13(18)9-5-6-11(17-12(16)8-15)10(7-9)14(19)21-4-2/h5-7H,3-4,8H2,1-2H3,(H2,16,17). The normalized spacial score (nSPS) is 11.1. The Labute approximate surface area is 127 Å². The maximum absolute atomic E-state index is 12.0. The van der Waals surface area contributed by atoms with Crippen molar-refractivity contribution in [2.75, 3.05) is 19.1 Å². The summed E-state index contributed by atoms with van der Waals surface area (Å²) < 4.78 is 9.84. The molecule has 1 aromatic carbocycles. The summed E-state index contributed by atoms with van der Waals surface area (Å²) in [5.74, 6) is -0.929. The summed E-state index contributed by atoms with van der Waals surface area (Å²) in [7, 11) is 0. The highest BCUT2D eigenvalue weighted by Gasteiger charge is 2.17. The monoisotopic (exact) mass is 312 g/mol. The minimum absolute atomic E-state index is 0.0297. The molecule has 1 aromatic rings. The first-order valence-electron chi connectivity index (χ1n) is 6.40. The molecule has 0 aromatic heterocycles. The maximum atomic E-state index is 12.0. The first kappa shape index (κ1) is 17.0. The third kappa shape index (κ3) is 4.75. The van der Waals surface area contributed by atoms with E-state index in [9.17, 15) is 9.59 Å². The molecular formula is C14H17ClN2O4. The summed E-state index contributed by atoms with van der Waals surface area (Å²) in [6.45, 7) is 3.83. The zero-order valence-corrected chi connectivity index (χ0v) is 12.6. The predicted octanol–water partition coefficient (Wildman–Crippen LogP) is 2.27. The average Bonchev–Trinajstić information content (AvgIpc) is 2.47. The number of amidine groups is 1. The second kappa shape index (κ2) is 8.26. The van der Waals surface area contributed by atoms with E-state index in [4.69, 9.17) is 26.8 Å². The highest BCUT2D eigenvalue weighted by Crippen LogP contribution is 2.22. The van der Waals surface area contributed by atoms with Crippen LogP contribution in [0.4, 0.5) is 5.69 Å². The van der Waals surface area contributed by atoms with E-state index < -0.39 is 11.9 Å². The number of hydrogen-bond acceptors (Lipinski definition) is 5. The number of carbonyl (C=O) groups excluding carboxylic acids is 2. The van der Waals surface area contributed by atoms with Gasteiger partial charge in [0.2, 0.25) is 0 Å². The van der Waals surface area contributed by atoms with Gasteiger partial charge in [0.25, 0.3) is 0 Å². The number of halogens is 1.